The molecular formula is C18H26N4O2. The molecule has 1 aromatic carbocycles. The minimum atomic E-state index is 0.220. The van der Waals surface area contributed by atoms with Crippen LogP contribution in [0, 0.1) is 0 Å². The zero-order valence-corrected chi connectivity index (χ0v) is 15.0. The van der Waals surface area contributed by atoms with Gasteiger partial charge in [-0.25, -0.2) is 0 Å². The number of hydrogen-bond acceptors (Lipinski definition) is 6. The second kappa shape index (κ2) is 7.11. The van der Waals surface area contributed by atoms with Crippen LogP contribution in [0.1, 0.15) is 18.9 Å². The van der Waals surface area contributed by atoms with Crippen LogP contribution in [0.2, 0.25) is 0 Å². The molecule has 0 N–H and O–H groups in total. The lowest BCUT2D eigenvalue weighted by molar-refractivity contribution is 0.173. The number of fused-ring (bicyclic) bond motifs is 1. The standard InChI is InChI=1S/C18H26N4O2/c1-13-11-19-16(21(2)3)10-17(20-13)22(4)9-8-14-6-5-7-15-18(14)24-12-23-15/h5-7,13H,8-12H2,1-4H3. The quantitative estimate of drug-likeness (QED) is 0.851. The Morgan fingerprint density at radius 3 is 2.79 bits per heavy atom. The molecule has 0 fully saturated rings. The van der Waals surface area contributed by atoms with Crippen LogP contribution in [0.5, 0.6) is 11.5 Å². The smallest absolute Gasteiger partial charge is 0.231 e. The monoisotopic (exact) mass is 330 g/mol. The highest BCUT2D eigenvalue weighted by molar-refractivity contribution is 6.02. The van der Waals surface area contributed by atoms with Gasteiger partial charge in [-0.05, 0) is 25.0 Å². The van der Waals surface area contributed by atoms with Crippen molar-refractivity contribution in [1.82, 2.24) is 9.80 Å². The molecular weight excluding hydrogens is 304 g/mol. The van der Waals surface area contributed by atoms with E-state index >= 15 is 0 Å². The largest absolute Gasteiger partial charge is 0.454 e. The van der Waals surface area contributed by atoms with E-state index in [1.165, 1.54) is 5.56 Å². The molecule has 0 radical (unpaired) electrons. The van der Waals surface area contributed by atoms with E-state index < -0.39 is 0 Å². The van der Waals surface area contributed by atoms with Crippen molar-refractivity contribution in [3.05, 3.63) is 23.8 Å². The summed E-state index contributed by atoms with van der Waals surface area (Å²) in [4.78, 5) is 13.8. The van der Waals surface area contributed by atoms with Gasteiger partial charge < -0.3 is 19.3 Å². The van der Waals surface area contributed by atoms with Crippen molar-refractivity contribution in [2.75, 3.05) is 41.0 Å². The Morgan fingerprint density at radius 1 is 1.17 bits per heavy atom. The summed E-state index contributed by atoms with van der Waals surface area (Å²) in [5.74, 6) is 3.91. The Hall–Kier alpha value is -2.24. The molecule has 0 aliphatic carbocycles. The van der Waals surface area contributed by atoms with Crippen LogP contribution in [0.25, 0.3) is 0 Å². The number of likely N-dealkylation sites (N-methyl/N-ethyl adjacent to an activating group) is 1. The van der Waals surface area contributed by atoms with Crippen molar-refractivity contribution in [1.29, 1.82) is 0 Å². The first-order chi connectivity index (χ1) is 11.5. The molecule has 1 aromatic rings. The molecule has 2 aliphatic rings. The maximum Gasteiger partial charge on any atom is 0.231 e. The molecule has 6 heteroatoms. The van der Waals surface area contributed by atoms with Gasteiger partial charge in [0.05, 0.1) is 19.0 Å². The fourth-order valence-corrected chi connectivity index (χ4v) is 2.91. The normalized spacial score (nSPS) is 19.4. The molecule has 0 saturated heterocycles. The maximum atomic E-state index is 5.60. The molecule has 0 aromatic heterocycles. The van der Waals surface area contributed by atoms with Crippen LogP contribution in [0.4, 0.5) is 0 Å². The van der Waals surface area contributed by atoms with Gasteiger partial charge in [-0.1, -0.05) is 12.1 Å². The Balaban J connectivity index is 1.67. The molecule has 1 atom stereocenters. The predicted octanol–water partition coefficient (Wildman–Crippen LogP) is 2.04. The number of hydrogen-bond donors (Lipinski definition) is 0. The van der Waals surface area contributed by atoms with Crippen LogP contribution < -0.4 is 9.47 Å². The molecule has 0 spiro atoms. The highest BCUT2D eigenvalue weighted by Gasteiger charge is 2.20. The first-order valence-corrected chi connectivity index (χ1v) is 8.40. The van der Waals surface area contributed by atoms with Gasteiger partial charge in [-0.2, -0.15) is 0 Å². The van der Waals surface area contributed by atoms with E-state index in [1.54, 1.807) is 0 Å². The van der Waals surface area contributed by atoms with Crippen molar-refractivity contribution in [2.24, 2.45) is 9.98 Å². The third-order valence-electron chi connectivity index (χ3n) is 4.38. The Labute approximate surface area is 143 Å². The fourth-order valence-electron chi connectivity index (χ4n) is 2.91. The number of amidine groups is 2. The zero-order chi connectivity index (χ0) is 17.1. The summed E-state index contributed by atoms with van der Waals surface area (Å²) in [6.07, 6.45) is 1.67. The number of ether oxygens (including phenoxy) is 2. The maximum absolute atomic E-state index is 5.60. The van der Waals surface area contributed by atoms with Gasteiger partial charge >= 0.3 is 0 Å². The Kier molecular flexibility index (Phi) is 4.92. The minimum absolute atomic E-state index is 0.220. The lowest BCUT2D eigenvalue weighted by Crippen LogP contribution is -2.34. The second-order valence-electron chi connectivity index (χ2n) is 6.54. The lowest BCUT2D eigenvalue weighted by atomic mass is 10.1. The molecule has 130 valence electrons. The predicted molar refractivity (Wildman–Crippen MR) is 96.4 cm³/mol. The molecule has 0 saturated carbocycles. The summed E-state index contributed by atoms with van der Waals surface area (Å²) < 4.78 is 11.0. The van der Waals surface area contributed by atoms with Crippen LogP contribution in [-0.2, 0) is 6.42 Å². The van der Waals surface area contributed by atoms with Crippen molar-refractivity contribution in [3.63, 3.8) is 0 Å². The van der Waals surface area contributed by atoms with E-state index in [0.29, 0.717) is 6.79 Å². The second-order valence-corrected chi connectivity index (χ2v) is 6.54. The van der Waals surface area contributed by atoms with Gasteiger partial charge in [-0.15, -0.1) is 0 Å². The number of nitrogens with zero attached hydrogens (tertiary/aromatic N) is 4. The average molecular weight is 330 g/mol. The van der Waals surface area contributed by atoms with Crippen molar-refractivity contribution < 1.29 is 9.47 Å². The Bertz CT molecular complexity index is 654. The number of benzene rings is 1. The van der Waals surface area contributed by atoms with Gasteiger partial charge in [-0.3, -0.25) is 9.98 Å². The summed E-state index contributed by atoms with van der Waals surface area (Å²) in [6.45, 7) is 4.06. The summed E-state index contributed by atoms with van der Waals surface area (Å²) in [5, 5.41) is 0. The van der Waals surface area contributed by atoms with Gasteiger partial charge in [0, 0.05) is 27.7 Å². The third-order valence-corrected chi connectivity index (χ3v) is 4.38. The minimum Gasteiger partial charge on any atom is -0.454 e. The molecule has 0 bridgehead atoms. The third kappa shape index (κ3) is 3.63. The molecule has 2 aliphatic heterocycles. The van der Waals surface area contributed by atoms with Crippen LogP contribution in [-0.4, -0.2) is 68.5 Å². The van der Waals surface area contributed by atoms with E-state index in [9.17, 15) is 0 Å². The number of aliphatic imine (C=N–C) groups is 2. The van der Waals surface area contributed by atoms with E-state index in [-0.39, 0.29) is 6.04 Å². The van der Waals surface area contributed by atoms with Gasteiger partial charge in [0.2, 0.25) is 6.79 Å². The first-order valence-electron chi connectivity index (χ1n) is 8.40. The SMILES string of the molecule is CC1CN=C(N(C)C)CC(N(C)CCc2cccc3c2OCO3)=N1. The van der Waals surface area contributed by atoms with Crippen molar-refractivity contribution in [3.8, 4) is 11.5 Å². The molecule has 24 heavy (non-hydrogen) atoms. The van der Waals surface area contributed by atoms with Crippen molar-refractivity contribution >= 4 is 11.7 Å². The topological polar surface area (TPSA) is 49.7 Å². The molecule has 3 rings (SSSR count). The van der Waals surface area contributed by atoms with Crippen LogP contribution in [0.3, 0.4) is 0 Å². The zero-order valence-electron chi connectivity index (χ0n) is 15.0. The van der Waals surface area contributed by atoms with Crippen molar-refractivity contribution in [2.45, 2.75) is 25.8 Å². The molecule has 2 heterocycles. The number of para-hydroxylation sites is 1. The van der Waals surface area contributed by atoms with Gasteiger partial charge in [0.15, 0.2) is 11.5 Å². The van der Waals surface area contributed by atoms with Crippen LogP contribution >= 0.6 is 0 Å². The van der Waals surface area contributed by atoms with E-state index in [1.807, 2.05) is 26.2 Å². The van der Waals surface area contributed by atoms with E-state index in [2.05, 4.69) is 34.8 Å². The first kappa shape index (κ1) is 16.6. The highest BCUT2D eigenvalue weighted by atomic mass is 16.7. The molecule has 1 unspecified atom stereocenters. The highest BCUT2D eigenvalue weighted by Crippen LogP contribution is 2.35. The average Bonchev–Trinajstić information content (AvgIpc) is 2.95. The Morgan fingerprint density at radius 2 is 2.00 bits per heavy atom. The van der Waals surface area contributed by atoms with E-state index in [0.717, 1.165) is 49.1 Å². The molecule has 6 nitrogen and oxygen atoms in total. The summed E-state index contributed by atoms with van der Waals surface area (Å²) in [7, 11) is 6.18. The summed E-state index contributed by atoms with van der Waals surface area (Å²) in [5.41, 5.74) is 1.18. The van der Waals surface area contributed by atoms with E-state index in [4.69, 9.17) is 14.5 Å². The summed E-state index contributed by atoms with van der Waals surface area (Å²) in [6, 6.07) is 6.29. The fraction of sp³-hybridized carbons (Fsp3) is 0.556. The molecule has 0 amide bonds. The number of rotatable bonds is 3. The lowest BCUT2D eigenvalue weighted by Gasteiger charge is -2.23. The van der Waals surface area contributed by atoms with Gasteiger partial charge in [0.1, 0.15) is 11.7 Å². The summed E-state index contributed by atoms with van der Waals surface area (Å²) >= 11 is 0. The van der Waals surface area contributed by atoms with Gasteiger partial charge in [0.25, 0.3) is 0 Å². The van der Waals surface area contributed by atoms with Crippen LogP contribution in [0.15, 0.2) is 28.2 Å².